The quantitative estimate of drug-likeness (QED) is 0.699. The van der Waals surface area contributed by atoms with Crippen molar-refractivity contribution in [3.05, 3.63) is 39.1 Å². The molecule has 3 nitrogen and oxygen atoms in total. The van der Waals surface area contributed by atoms with Gasteiger partial charge in [0.1, 0.15) is 0 Å². The summed E-state index contributed by atoms with van der Waals surface area (Å²) < 4.78 is 1.68. The molecule has 0 aromatic carbocycles. The van der Waals surface area contributed by atoms with Gasteiger partial charge in [0, 0.05) is 11.7 Å². The first-order valence-electron chi connectivity index (χ1n) is 5.53. The minimum Gasteiger partial charge on any atom is -0.319 e. The van der Waals surface area contributed by atoms with Crippen LogP contribution in [0.2, 0.25) is 0 Å². The highest BCUT2D eigenvalue weighted by molar-refractivity contribution is 5.52. The zero-order valence-corrected chi connectivity index (χ0v) is 10.5. The highest BCUT2D eigenvalue weighted by Crippen LogP contribution is 2.25. The molecule has 0 saturated heterocycles. The maximum atomic E-state index is 12.1. The van der Waals surface area contributed by atoms with Crippen molar-refractivity contribution in [1.29, 1.82) is 0 Å². The molecule has 16 heavy (non-hydrogen) atoms. The molecule has 0 aliphatic heterocycles. The van der Waals surface area contributed by atoms with Crippen LogP contribution in [-0.4, -0.2) is 4.57 Å². The first kappa shape index (κ1) is 12.5. The Balaban J connectivity index is 3.65. The summed E-state index contributed by atoms with van der Waals surface area (Å²) in [5.41, 5.74) is 1.90. The fourth-order valence-corrected chi connectivity index (χ4v) is 1.95. The van der Waals surface area contributed by atoms with E-state index in [2.05, 4.69) is 4.85 Å². The molecule has 0 fully saturated rings. The second kappa shape index (κ2) is 4.52. The molecule has 0 bridgehead atoms. The van der Waals surface area contributed by atoms with E-state index in [1.54, 1.807) is 4.57 Å². The molecule has 0 radical (unpaired) electrons. The third-order valence-corrected chi connectivity index (χ3v) is 2.69. The Bertz CT molecular complexity index is 490. The number of aromatic nitrogens is 1. The van der Waals surface area contributed by atoms with Crippen molar-refractivity contribution in [2.75, 3.05) is 0 Å². The van der Waals surface area contributed by atoms with Gasteiger partial charge in [-0.05, 0) is 38.3 Å². The summed E-state index contributed by atoms with van der Waals surface area (Å²) in [6, 6.07) is 2.05. The van der Waals surface area contributed by atoms with E-state index >= 15 is 0 Å². The molecule has 1 rings (SSSR count). The maximum Gasteiger partial charge on any atom is 0.257 e. The Kier molecular flexibility index (Phi) is 3.54. The highest BCUT2D eigenvalue weighted by Gasteiger charge is 2.16. The lowest BCUT2D eigenvalue weighted by molar-refractivity contribution is 0.562. The average molecular weight is 218 g/mol. The van der Waals surface area contributed by atoms with Gasteiger partial charge >= 0.3 is 0 Å². The van der Waals surface area contributed by atoms with Crippen molar-refractivity contribution in [1.82, 2.24) is 4.57 Å². The zero-order valence-electron chi connectivity index (χ0n) is 10.5. The fraction of sp³-hybridized carbons (Fsp3) is 0.538. The van der Waals surface area contributed by atoms with Gasteiger partial charge in [-0.2, -0.15) is 0 Å². The molecule has 86 valence electrons. The van der Waals surface area contributed by atoms with Gasteiger partial charge in [-0.1, -0.05) is 13.8 Å². The Morgan fingerprint density at radius 1 is 1.31 bits per heavy atom. The number of hydrogen-bond donors (Lipinski definition) is 0. The van der Waals surface area contributed by atoms with Crippen LogP contribution in [0.15, 0.2) is 10.9 Å². The molecule has 0 atom stereocenters. The van der Waals surface area contributed by atoms with Crippen LogP contribution < -0.4 is 5.56 Å². The van der Waals surface area contributed by atoms with Gasteiger partial charge in [-0.15, -0.1) is 0 Å². The number of pyridine rings is 1. The minimum atomic E-state index is -0.159. The molecule has 1 aromatic heterocycles. The maximum absolute atomic E-state index is 12.1. The Hall–Kier alpha value is -1.56. The van der Waals surface area contributed by atoms with Gasteiger partial charge in [0.25, 0.3) is 11.2 Å². The molecule has 0 N–H and O–H groups in total. The third-order valence-electron chi connectivity index (χ3n) is 2.69. The molecular formula is C13H18N2O. The highest BCUT2D eigenvalue weighted by atomic mass is 16.1. The van der Waals surface area contributed by atoms with Crippen molar-refractivity contribution in [2.45, 2.75) is 46.6 Å². The van der Waals surface area contributed by atoms with Crippen LogP contribution in [-0.2, 0) is 0 Å². The fourth-order valence-electron chi connectivity index (χ4n) is 1.95. The lowest BCUT2D eigenvalue weighted by Gasteiger charge is -2.18. The number of hydrogen-bond acceptors (Lipinski definition) is 1. The van der Waals surface area contributed by atoms with Gasteiger partial charge < -0.3 is 4.57 Å². The summed E-state index contributed by atoms with van der Waals surface area (Å²) in [7, 11) is 0. The topological polar surface area (TPSA) is 26.4 Å². The predicted molar refractivity (Wildman–Crippen MR) is 66.2 cm³/mol. The number of nitrogens with zero attached hydrogens (tertiary/aromatic N) is 2. The minimum absolute atomic E-state index is 0.0919. The van der Waals surface area contributed by atoms with Gasteiger partial charge in [0.15, 0.2) is 0 Å². The van der Waals surface area contributed by atoms with Crippen molar-refractivity contribution in [3.8, 4) is 0 Å². The van der Waals surface area contributed by atoms with Crippen molar-refractivity contribution in [2.24, 2.45) is 0 Å². The van der Waals surface area contributed by atoms with E-state index in [9.17, 15) is 4.79 Å². The normalized spacial score (nSPS) is 10.9. The third kappa shape index (κ3) is 2.01. The Morgan fingerprint density at radius 2 is 1.88 bits per heavy atom. The van der Waals surface area contributed by atoms with E-state index in [0.29, 0.717) is 0 Å². The van der Waals surface area contributed by atoms with Crippen molar-refractivity contribution in [3.63, 3.8) is 0 Å². The summed E-state index contributed by atoms with van der Waals surface area (Å²) >= 11 is 0. The van der Waals surface area contributed by atoms with Crippen LogP contribution in [0.25, 0.3) is 4.85 Å². The molecule has 1 heterocycles. The first-order valence-corrected chi connectivity index (χ1v) is 5.53. The van der Waals surface area contributed by atoms with Gasteiger partial charge in [0.05, 0.1) is 6.57 Å². The summed E-state index contributed by atoms with van der Waals surface area (Å²) in [5.74, 6) is 0.206. The van der Waals surface area contributed by atoms with E-state index in [0.717, 1.165) is 11.3 Å². The van der Waals surface area contributed by atoms with Crippen LogP contribution in [0.5, 0.6) is 0 Å². The van der Waals surface area contributed by atoms with Gasteiger partial charge in [-0.3, -0.25) is 4.79 Å². The summed E-state index contributed by atoms with van der Waals surface area (Å²) in [4.78, 5) is 15.5. The summed E-state index contributed by atoms with van der Waals surface area (Å²) in [5, 5.41) is 0. The average Bonchev–Trinajstić information content (AvgIpc) is 2.16. The SMILES string of the molecule is [C-]#[N+]c1c(C(C)C)cc(C)n(C(C)C)c1=O. The van der Waals surface area contributed by atoms with Crippen LogP contribution >= 0.6 is 0 Å². The molecule has 0 aliphatic rings. The predicted octanol–water partition coefficient (Wildman–Crippen LogP) is 3.41. The van der Waals surface area contributed by atoms with E-state index in [1.165, 1.54) is 0 Å². The molecular weight excluding hydrogens is 200 g/mol. The Labute approximate surface area is 96.5 Å². The molecule has 0 aliphatic carbocycles. The second-order valence-corrected chi connectivity index (χ2v) is 4.63. The number of aryl methyl sites for hydroxylation is 1. The Morgan fingerprint density at radius 3 is 2.25 bits per heavy atom. The lowest BCUT2D eigenvalue weighted by atomic mass is 10.0. The van der Waals surface area contributed by atoms with E-state index < -0.39 is 0 Å². The summed E-state index contributed by atoms with van der Waals surface area (Å²) in [6.45, 7) is 17.0. The van der Waals surface area contributed by atoms with E-state index in [4.69, 9.17) is 6.57 Å². The molecule has 0 unspecified atom stereocenters. The smallest absolute Gasteiger partial charge is 0.257 e. The van der Waals surface area contributed by atoms with Crippen LogP contribution in [0.1, 0.15) is 50.9 Å². The largest absolute Gasteiger partial charge is 0.319 e. The molecule has 1 aromatic rings. The van der Waals surface area contributed by atoms with Crippen LogP contribution in [0.4, 0.5) is 5.69 Å². The van der Waals surface area contributed by atoms with Gasteiger partial charge in [-0.25, -0.2) is 4.85 Å². The molecule has 0 spiro atoms. The first-order chi connectivity index (χ1) is 7.40. The number of rotatable bonds is 2. The van der Waals surface area contributed by atoms with Crippen LogP contribution in [0.3, 0.4) is 0 Å². The van der Waals surface area contributed by atoms with Crippen molar-refractivity contribution >= 4 is 5.69 Å². The van der Waals surface area contributed by atoms with E-state index in [-0.39, 0.29) is 23.2 Å². The molecule has 3 heteroatoms. The molecule has 0 saturated carbocycles. The second-order valence-electron chi connectivity index (χ2n) is 4.63. The van der Waals surface area contributed by atoms with Crippen molar-refractivity contribution < 1.29 is 0 Å². The van der Waals surface area contributed by atoms with Crippen LogP contribution in [0, 0.1) is 13.5 Å². The standard InChI is InChI=1S/C13H18N2O/c1-8(2)11-7-10(5)15(9(3)4)13(16)12(11)14-6/h7-9H,1-5H3. The molecule has 0 amide bonds. The monoisotopic (exact) mass is 218 g/mol. The summed E-state index contributed by atoms with van der Waals surface area (Å²) in [6.07, 6.45) is 0. The lowest BCUT2D eigenvalue weighted by Crippen LogP contribution is -2.24. The van der Waals surface area contributed by atoms with E-state index in [1.807, 2.05) is 40.7 Å². The van der Waals surface area contributed by atoms with Gasteiger partial charge in [0.2, 0.25) is 0 Å². The zero-order chi connectivity index (χ0) is 12.5.